The van der Waals surface area contributed by atoms with E-state index in [0.29, 0.717) is 49.5 Å². The zero-order valence-electron chi connectivity index (χ0n) is 26.1. The number of rotatable bonds is 10. The number of ketones is 1. The second-order valence-corrected chi connectivity index (χ2v) is 14.9. The van der Waals surface area contributed by atoms with Crippen molar-refractivity contribution in [3.05, 3.63) is 59.0 Å². The van der Waals surface area contributed by atoms with Crippen LogP contribution in [0.5, 0.6) is 0 Å². The highest BCUT2D eigenvalue weighted by atomic mass is 32.2. The normalized spacial score (nSPS) is 33.4. The highest BCUT2D eigenvalue weighted by Crippen LogP contribution is 2.66. The molecule has 0 unspecified atom stereocenters. The van der Waals surface area contributed by atoms with E-state index in [1.807, 2.05) is 25.1 Å². The zero-order chi connectivity index (χ0) is 31.7. The van der Waals surface area contributed by atoms with Crippen LogP contribution in [0.4, 0.5) is 4.39 Å². The number of thioether (sulfide) groups is 1. The van der Waals surface area contributed by atoms with Gasteiger partial charge in [0.25, 0.3) is 0 Å². The van der Waals surface area contributed by atoms with Gasteiger partial charge in [-0.1, -0.05) is 50.7 Å². The largest absolute Gasteiger partial charge is 0.461 e. The second-order valence-electron chi connectivity index (χ2n) is 13.9. The molecule has 44 heavy (non-hydrogen) atoms. The number of esters is 1. The number of hydrogen-bond acceptors (Lipinski definition) is 9. The molecule has 10 heteroatoms. The lowest BCUT2D eigenvalue weighted by molar-refractivity contribution is -0.196. The highest BCUT2D eigenvalue weighted by molar-refractivity contribution is 7.99. The van der Waals surface area contributed by atoms with Crippen LogP contribution in [0, 0.1) is 33.9 Å². The van der Waals surface area contributed by atoms with Gasteiger partial charge in [-0.2, -0.15) is 0 Å². The van der Waals surface area contributed by atoms with Gasteiger partial charge in [0.05, 0.1) is 16.9 Å². The molecule has 3 aliphatic carbocycles. The average Bonchev–Trinajstić information content (AvgIpc) is 3.34. The Kier molecular flexibility index (Phi) is 9.87. The number of aromatic nitrogens is 1. The van der Waals surface area contributed by atoms with Crippen molar-refractivity contribution >= 4 is 23.5 Å². The molecule has 3 fully saturated rings. The number of halogens is 1. The SMILES string of the molecule is C[C@@H]1CC[C@@]23CCC(=O)[C@H]2[C@]1(C)[C@H](OC(=O)CSc1ccc(CN)cn1)C[C@](C)(CNCc1ccc(CN)c(F)c1)[C@@H](O)C3. The highest BCUT2D eigenvalue weighted by Gasteiger charge is 2.66. The maximum Gasteiger partial charge on any atom is 0.316 e. The number of aliphatic hydroxyl groups is 1. The second kappa shape index (κ2) is 13.2. The molecule has 0 aliphatic heterocycles. The predicted molar refractivity (Wildman–Crippen MR) is 169 cm³/mol. The number of benzene rings is 1. The lowest BCUT2D eigenvalue weighted by atomic mass is 9.46. The van der Waals surface area contributed by atoms with Crippen LogP contribution < -0.4 is 16.8 Å². The number of Topliss-reactive ketones (excluding diaryl/α,β-unsaturated/α-hetero) is 1. The maximum absolute atomic E-state index is 14.4. The number of hydrogen-bond donors (Lipinski definition) is 4. The van der Waals surface area contributed by atoms with Gasteiger partial charge in [0.2, 0.25) is 0 Å². The lowest BCUT2D eigenvalue weighted by Gasteiger charge is -2.60. The summed E-state index contributed by atoms with van der Waals surface area (Å²) in [4.78, 5) is 31.5. The Morgan fingerprint density at radius 1 is 1.16 bits per heavy atom. The molecule has 5 rings (SSSR count). The number of carbonyl (C=O) groups is 2. The third-order valence-corrected chi connectivity index (χ3v) is 12.1. The van der Waals surface area contributed by atoms with Gasteiger partial charge in [0.15, 0.2) is 0 Å². The fraction of sp³-hybridized carbons (Fsp3) is 0.618. The van der Waals surface area contributed by atoms with E-state index in [-0.39, 0.29) is 47.1 Å². The summed E-state index contributed by atoms with van der Waals surface area (Å²) in [5.41, 5.74) is 11.9. The smallest absolute Gasteiger partial charge is 0.316 e. The molecular formula is C34H47FN4O4S. The van der Waals surface area contributed by atoms with E-state index in [9.17, 15) is 19.1 Å². The fourth-order valence-corrected chi connectivity index (χ4v) is 8.90. The molecule has 2 aromatic rings. The summed E-state index contributed by atoms with van der Waals surface area (Å²) in [7, 11) is 0. The molecule has 0 saturated heterocycles. The monoisotopic (exact) mass is 626 g/mol. The van der Waals surface area contributed by atoms with Gasteiger partial charge >= 0.3 is 5.97 Å². The van der Waals surface area contributed by atoms with Crippen LogP contribution in [-0.2, 0) is 34.0 Å². The van der Waals surface area contributed by atoms with Gasteiger partial charge < -0.3 is 26.6 Å². The molecule has 6 N–H and O–H groups in total. The first-order valence-corrected chi connectivity index (χ1v) is 16.8. The first kappa shape index (κ1) is 33.0. The number of pyridine rings is 1. The quantitative estimate of drug-likeness (QED) is 0.222. The molecule has 0 radical (unpaired) electrons. The van der Waals surface area contributed by atoms with Crippen LogP contribution in [0.25, 0.3) is 0 Å². The molecule has 2 bridgehead atoms. The van der Waals surface area contributed by atoms with Crippen LogP contribution in [0.2, 0.25) is 0 Å². The first-order chi connectivity index (χ1) is 20.9. The molecule has 3 saturated carbocycles. The fourth-order valence-electron chi connectivity index (χ4n) is 8.27. The van der Waals surface area contributed by atoms with E-state index >= 15 is 0 Å². The Balaban J connectivity index is 1.39. The van der Waals surface area contributed by atoms with Crippen LogP contribution in [0.3, 0.4) is 0 Å². The number of nitrogens with zero attached hydrogens (tertiary/aromatic N) is 1. The van der Waals surface area contributed by atoms with Crippen LogP contribution in [-0.4, -0.2) is 46.3 Å². The van der Waals surface area contributed by atoms with Crippen molar-refractivity contribution < 1.29 is 23.8 Å². The van der Waals surface area contributed by atoms with E-state index in [1.165, 1.54) is 17.8 Å². The van der Waals surface area contributed by atoms with Gasteiger partial charge in [-0.05, 0) is 66.7 Å². The Hall–Kier alpha value is -2.37. The third-order valence-electron chi connectivity index (χ3n) is 11.2. The maximum atomic E-state index is 14.4. The van der Waals surface area contributed by atoms with Crippen LogP contribution in [0.15, 0.2) is 41.6 Å². The number of carbonyl (C=O) groups excluding carboxylic acids is 2. The van der Waals surface area contributed by atoms with Gasteiger partial charge in [-0.25, -0.2) is 9.37 Å². The van der Waals surface area contributed by atoms with E-state index in [1.54, 1.807) is 12.3 Å². The van der Waals surface area contributed by atoms with E-state index < -0.39 is 23.0 Å². The Morgan fingerprint density at radius 2 is 1.93 bits per heavy atom. The zero-order valence-corrected chi connectivity index (χ0v) is 26.9. The summed E-state index contributed by atoms with van der Waals surface area (Å²) >= 11 is 1.31. The summed E-state index contributed by atoms with van der Waals surface area (Å²) < 4.78 is 20.8. The number of ether oxygens (including phenoxy) is 1. The van der Waals surface area contributed by atoms with Crippen molar-refractivity contribution in [2.24, 2.45) is 39.5 Å². The van der Waals surface area contributed by atoms with Crippen molar-refractivity contribution in [3.63, 3.8) is 0 Å². The minimum Gasteiger partial charge on any atom is -0.461 e. The standard InChI is InChI=1S/C34H47FN4O4S/c1-21-8-10-34-11-9-26(40)31(34)33(21,3)28(43-30(42)19-44-29-7-5-23(15-36)18-39-29)14-32(2,27(41)13-34)20-38-17-22-4-6-24(16-37)25(35)12-22/h4-7,12,18,21,27-28,31,38,41H,8-11,13-17,19-20,36-37H2,1-3H3/t21-,27+,28-,31+,32-,33+,34+/m1/s1. The van der Waals surface area contributed by atoms with Gasteiger partial charge in [-0.3, -0.25) is 9.59 Å². The molecule has 240 valence electrons. The van der Waals surface area contributed by atoms with Crippen molar-refractivity contribution in [1.29, 1.82) is 0 Å². The molecular weight excluding hydrogens is 579 g/mol. The van der Waals surface area contributed by atoms with Crippen LogP contribution >= 0.6 is 11.8 Å². The van der Waals surface area contributed by atoms with Gasteiger partial charge in [0.1, 0.15) is 17.7 Å². The molecule has 0 amide bonds. The van der Waals surface area contributed by atoms with Crippen LogP contribution in [0.1, 0.15) is 76.0 Å². The van der Waals surface area contributed by atoms with Gasteiger partial charge in [-0.15, -0.1) is 0 Å². The van der Waals surface area contributed by atoms with Crippen molar-refractivity contribution in [2.75, 3.05) is 12.3 Å². The number of nitrogens with two attached hydrogens (primary N) is 2. The summed E-state index contributed by atoms with van der Waals surface area (Å²) in [6, 6.07) is 8.80. The molecule has 0 spiro atoms. The Labute approximate surface area is 264 Å². The summed E-state index contributed by atoms with van der Waals surface area (Å²) in [5, 5.41) is 16.1. The van der Waals surface area contributed by atoms with Gasteiger partial charge in [0, 0.05) is 61.1 Å². The molecule has 1 aromatic carbocycles. The summed E-state index contributed by atoms with van der Waals surface area (Å²) in [6.07, 6.45) is 4.45. The van der Waals surface area contributed by atoms with E-state index in [2.05, 4.69) is 24.1 Å². The lowest BCUT2D eigenvalue weighted by Crippen LogP contribution is -2.61. The molecule has 1 aromatic heterocycles. The predicted octanol–water partition coefficient (Wildman–Crippen LogP) is 4.49. The van der Waals surface area contributed by atoms with Crippen molar-refractivity contribution in [3.8, 4) is 0 Å². The number of aliphatic hydroxyl groups excluding tert-OH is 1. The Bertz CT molecular complexity index is 1360. The summed E-state index contributed by atoms with van der Waals surface area (Å²) in [6.45, 7) is 7.76. The third kappa shape index (κ3) is 6.33. The molecule has 8 nitrogen and oxygen atoms in total. The van der Waals surface area contributed by atoms with Crippen molar-refractivity contribution in [2.45, 2.75) is 96.2 Å². The average molecular weight is 627 g/mol. The molecule has 1 heterocycles. The van der Waals surface area contributed by atoms with E-state index in [0.717, 1.165) is 30.4 Å². The molecule has 3 aliphatic rings. The summed E-state index contributed by atoms with van der Waals surface area (Å²) in [5.74, 6) is -0.469. The van der Waals surface area contributed by atoms with Crippen molar-refractivity contribution in [1.82, 2.24) is 10.3 Å². The Morgan fingerprint density at radius 3 is 2.61 bits per heavy atom. The number of nitrogens with one attached hydrogen (secondary N) is 1. The minimum absolute atomic E-state index is 0.0849. The minimum atomic E-state index is -0.710. The topological polar surface area (TPSA) is 141 Å². The molecule has 7 atom stereocenters. The van der Waals surface area contributed by atoms with E-state index in [4.69, 9.17) is 16.2 Å². The first-order valence-electron chi connectivity index (χ1n) is 15.8.